The molecule has 6 heteroatoms. The van der Waals surface area contributed by atoms with Crippen molar-refractivity contribution in [2.75, 3.05) is 7.11 Å². The second kappa shape index (κ2) is 5.49. The lowest BCUT2D eigenvalue weighted by Gasteiger charge is -2.14. The van der Waals surface area contributed by atoms with E-state index in [4.69, 9.17) is 4.74 Å². The molecule has 6 nitrogen and oxygen atoms in total. The van der Waals surface area contributed by atoms with Gasteiger partial charge in [0.05, 0.1) is 18.5 Å². The minimum atomic E-state index is -0.975. The summed E-state index contributed by atoms with van der Waals surface area (Å²) in [6, 6.07) is 9.08. The smallest absolute Gasteiger partial charge is 0.354 e. The summed E-state index contributed by atoms with van der Waals surface area (Å²) in [6.45, 7) is 0. The molecule has 0 atom stereocenters. The van der Waals surface area contributed by atoms with E-state index in [1.54, 1.807) is 37.6 Å². The molecule has 1 aliphatic carbocycles. The number of carboxylic acids is 1. The minimum Gasteiger partial charge on any atom is -0.497 e. The molecule has 3 aromatic rings. The summed E-state index contributed by atoms with van der Waals surface area (Å²) in [6.07, 6.45) is 4.95. The maximum Gasteiger partial charge on any atom is 0.354 e. The monoisotopic (exact) mass is 321 g/mol. The fourth-order valence-corrected chi connectivity index (χ4v) is 3.15. The van der Waals surface area contributed by atoms with Crippen LogP contribution in [0.1, 0.15) is 21.6 Å². The molecule has 2 heterocycles. The number of pyridine rings is 1. The molecule has 0 bridgehead atoms. The molecule has 0 radical (unpaired) electrons. The molecule has 0 unspecified atom stereocenters. The van der Waals surface area contributed by atoms with Crippen LogP contribution in [-0.2, 0) is 12.8 Å². The van der Waals surface area contributed by atoms with Crippen LogP contribution in [0, 0.1) is 0 Å². The zero-order chi connectivity index (χ0) is 16.7. The van der Waals surface area contributed by atoms with Crippen LogP contribution in [0.2, 0.25) is 0 Å². The summed E-state index contributed by atoms with van der Waals surface area (Å²) in [4.78, 5) is 16.0. The molecule has 0 aliphatic heterocycles. The first-order valence-corrected chi connectivity index (χ1v) is 7.62. The number of fused-ring (bicyclic) bond motifs is 3. The van der Waals surface area contributed by atoms with Crippen LogP contribution < -0.4 is 4.74 Å². The number of aromatic nitrogens is 3. The van der Waals surface area contributed by atoms with E-state index in [0.717, 1.165) is 28.8 Å². The molecule has 0 fully saturated rings. The maximum absolute atomic E-state index is 11.9. The van der Waals surface area contributed by atoms with Crippen molar-refractivity contribution in [2.24, 2.45) is 0 Å². The number of carboxylic acid groups (broad SMARTS) is 1. The van der Waals surface area contributed by atoms with Gasteiger partial charge in [0.2, 0.25) is 0 Å². The summed E-state index contributed by atoms with van der Waals surface area (Å²) in [5, 5.41) is 14.3. The molecule has 0 saturated heterocycles. The van der Waals surface area contributed by atoms with Gasteiger partial charge in [0.25, 0.3) is 0 Å². The van der Waals surface area contributed by atoms with Crippen LogP contribution >= 0.6 is 0 Å². The third-order valence-electron chi connectivity index (χ3n) is 4.31. The van der Waals surface area contributed by atoms with Gasteiger partial charge in [0.15, 0.2) is 5.69 Å². The van der Waals surface area contributed by atoms with Crippen molar-refractivity contribution in [3.63, 3.8) is 0 Å². The highest BCUT2D eigenvalue weighted by Gasteiger charge is 2.28. The lowest BCUT2D eigenvalue weighted by molar-refractivity contribution is 0.0685. The van der Waals surface area contributed by atoms with E-state index in [1.807, 2.05) is 12.3 Å². The summed E-state index contributed by atoms with van der Waals surface area (Å²) in [5.41, 5.74) is 4.47. The first kappa shape index (κ1) is 14.4. The van der Waals surface area contributed by atoms with E-state index < -0.39 is 5.97 Å². The van der Waals surface area contributed by atoms with Crippen molar-refractivity contribution in [1.29, 1.82) is 0 Å². The first-order valence-electron chi connectivity index (χ1n) is 7.62. The highest BCUT2D eigenvalue weighted by molar-refractivity contribution is 5.91. The number of nitrogens with zero attached hydrogens (tertiary/aromatic N) is 3. The Hall–Kier alpha value is -3.15. The van der Waals surface area contributed by atoms with Gasteiger partial charge in [0, 0.05) is 23.5 Å². The predicted octanol–water partition coefficient (Wildman–Crippen LogP) is 2.74. The molecule has 24 heavy (non-hydrogen) atoms. The van der Waals surface area contributed by atoms with E-state index in [-0.39, 0.29) is 5.69 Å². The molecule has 1 aliphatic rings. The van der Waals surface area contributed by atoms with E-state index >= 15 is 0 Å². The Labute approximate surface area is 138 Å². The number of aryl methyl sites for hydroxylation is 1. The van der Waals surface area contributed by atoms with Gasteiger partial charge in [-0.25, -0.2) is 9.48 Å². The fourth-order valence-electron chi connectivity index (χ4n) is 3.15. The molecule has 2 aromatic heterocycles. The number of aromatic carboxylic acids is 1. The van der Waals surface area contributed by atoms with Crippen molar-refractivity contribution in [3.8, 4) is 22.7 Å². The zero-order valence-corrected chi connectivity index (χ0v) is 13.1. The molecule has 1 aromatic carbocycles. The Morgan fingerprint density at radius 1 is 1.21 bits per heavy atom. The Morgan fingerprint density at radius 2 is 2.00 bits per heavy atom. The van der Waals surface area contributed by atoms with Crippen molar-refractivity contribution in [3.05, 3.63) is 59.5 Å². The van der Waals surface area contributed by atoms with E-state index in [1.165, 1.54) is 4.68 Å². The SMILES string of the molecule is COc1ccc(-n2nc3c(c2C(=O)O)CCc2cnccc2-3)cc1. The maximum atomic E-state index is 11.9. The van der Waals surface area contributed by atoms with E-state index in [2.05, 4.69) is 10.1 Å². The minimum absolute atomic E-state index is 0.220. The number of hydrogen-bond acceptors (Lipinski definition) is 4. The summed E-state index contributed by atoms with van der Waals surface area (Å²) in [7, 11) is 1.59. The van der Waals surface area contributed by atoms with Crippen LogP contribution in [0.15, 0.2) is 42.7 Å². The molecule has 4 rings (SSSR count). The summed E-state index contributed by atoms with van der Waals surface area (Å²) < 4.78 is 6.66. The zero-order valence-electron chi connectivity index (χ0n) is 13.1. The van der Waals surface area contributed by atoms with Gasteiger partial charge in [-0.2, -0.15) is 5.10 Å². The van der Waals surface area contributed by atoms with Crippen LogP contribution in [0.4, 0.5) is 0 Å². The van der Waals surface area contributed by atoms with Crippen LogP contribution in [-0.4, -0.2) is 33.0 Å². The molecule has 0 spiro atoms. The highest BCUT2D eigenvalue weighted by Crippen LogP contribution is 2.35. The Morgan fingerprint density at radius 3 is 2.71 bits per heavy atom. The number of methoxy groups -OCH3 is 1. The average molecular weight is 321 g/mol. The number of ether oxygens (including phenoxy) is 1. The summed E-state index contributed by atoms with van der Waals surface area (Å²) in [5.74, 6) is -0.263. The lowest BCUT2D eigenvalue weighted by atomic mass is 9.90. The van der Waals surface area contributed by atoms with Crippen molar-refractivity contribution in [2.45, 2.75) is 12.8 Å². The molecular formula is C18H15N3O3. The molecule has 120 valence electrons. The van der Waals surface area contributed by atoms with Crippen LogP contribution in [0.3, 0.4) is 0 Å². The fraction of sp³-hybridized carbons (Fsp3) is 0.167. The molecule has 0 saturated carbocycles. The first-order chi connectivity index (χ1) is 11.7. The van der Waals surface area contributed by atoms with Gasteiger partial charge >= 0.3 is 5.97 Å². The quantitative estimate of drug-likeness (QED) is 0.802. The van der Waals surface area contributed by atoms with Gasteiger partial charge in [-0.05, 0) is 48.7 Å². The number of benzene rings is 1. The highest BCUT2D eigenvalue weighted by atomic mass is 16.5. The Bertz CT molecular complexity index is 929. The summed E-state index contributed by atoms with van der Waals surface area (Å²) >= 11 is 0. The van der Waals surface area contributed by atoms with Crippen LogP contribution in [0.25, 0.3) is 16.9 Å². The normalized spacial score (nSPS) is 12.4. The van der Waals surface area contributed by atoms with Crippen molar-refractivity contribution in [1.82, 2.24) is 14.8 Å². The third kappa shape index (κ3) is 2.15. The van der Waals surface area contributed by atoms with Gasteiger partial charge in [0.1, 0.15) is 5.75 Å². The second-order valence-electron chi connectivity index (χ2n) is 5.62. The van der Waals surface area contributed by atoms with Crippen LogP contribution in [0.5, 0.6) is 5.75 Å². The van der Waals surface area contributed by atoms with Gasteiger partial charge in [-0.15, -0.1) is 0 Å². The Kier molecular flexibility index (Phi) is 3.30. The standard InChI is InChI=1S/C18H15N3O3/c1-24-13-5-3-12(4-6-13)21-17(18(22)23)15-7-2-11-10-19-9-8-14(11)16(15)20-21/h3-6,8-10H,2,7H2,1H3,(H,22,23). The largest absolute Gasteiger partial charge is 0.497 e. The second-order valence-corrected chi connectivity index (χ2v) is 5.62. The van der Waals surface area contributed by atoms with Gasteiger partial charge < -0.3 is 9.84 Å². The van der Waals surface area contributed by atoms with E-state index in [0.29, 0.717) is 17.9 Å². The van der Waals surface area contributed by atoms with Crippen molar-refractivity contribution < 1.29 is 14.6 Å². The average Bonchev–Trinajstić information content (AvgIpc) is 3.02. The molecular weight excluding hydrogens is 306 g/mol. The number of hydrogen-bond donors (Lipinski definition) is 1. The number of rotatable bonds is 3. The van der Waals surface area contributed by atoms with Gasteiger partial charge in [-0.3, -0.25) is 4.98 Å². The van der Waals surface area contributed by atoms with E-state index in [9.17, 15) is 9.90 Å². The Balaban J connectivity index is 1.93. The predicted molar refractivity (Wildman–Crippen MR) is 87.7 cm³/mol. The molecule has 1 N–H and O–H groups in total. The topological polar surface area (TPSA) is 77.2 Å². The molecule has 0 amide bonds. The lowest BCUT2D eigenvalue weighted by Crippen LogP contribution is -2.11. The van der Waals surface area contributed by atoms with Gasteiger partial charge in [-0.1, -0.05) is 0 Å². The number of carbonyl (C=O) groups is 1. The van der Waals surface area contributed by atoms with Crippen molar-refractivity contribution >= 4 is 5.97 Å². The third-order valence-corrected chi connectivity index (χ3v) is 4.31.